The first-order chi connectivity index (χ1) is 4.33. The SMILES string of the molecule is Nc1ncn(CCO)n1. The second-order valence-electron chi connectivity index (χ2n) is 1.59. The van der Waals surface area contributed by atoms with Crippen molar-refractivity contribution < 1.29 is 5.11 Å². The van der Waals surface area contributed by atoms with Gasteiger partial charge in [-0.3, -0.25) is 0 Å². The van der Waals surface area contributed by atoms with Crippen LogP contribution < -0.4 is 5.73 Å². The Morgan fingerprint density at radius 3 is 3.00 bits per heavy atom. The molecular weight excluding hydrogens is 120 g/mol. The van der Waals surface area contributed by atoms with E-state index in [1.54, 1.807) is 0 Å². The van der Waals surface area contributed by atoms with E-state index in [1.807, 2.05) is 0 Å². The molecule has 0 radical (unpaired) electrons. The summed E-state index contributed by atoms with van der Waals surface area (Å²) < 4.78 is 1.48. The molecule has 1 rings (SSSR count). The number of aliphatic hydroxyl groups excluding tert-OH is 1. The standard InChI is InChI=1S/C4H8N4O/c5-4-6-3-8(7-4)1-2-9/h3,9H,1-2H2,(H2,5,7). The minimum atomic E-state index is 0.0583. The van der Waals surface area contributed by atoms with Crippen LogP contribution in [-0.4, -0.2) is 26.5 Å². The van der Waals surface area contributed by atoms with Crippen LogP contribution in [0.3, 0.4) is 0 Å². The van der Waals surface area contributed by atoms with E-state index < -0.39 is 0 Å². The second kappa shape index (κ2) is 2.45. The van der Waals surface area contributed by atoms with Gasteiger partial charge in [-0.15, -0.1) is 5.10 Å². The molecule has 0 spiro atoms. The summed E-state index contributed by atoms with van der Waals surface area (Å²) in [6.07, 6.45) is 1.48. The molecule has 3 N–H and O–H groups in total. The molecule has 50 valence electrons. The van der Waals surface area contributed by atoms with E-state index >= 15 is 0 Å². The van der Waals surface area contributed by atoms with Crippen molar-refractivity contribution in [1.82, 2.24) is 14.8 Å². The van der Waals surface area contributed by atoms with Gasteiger partial charge in [-0.2, -0.15) is 0 Å². The fourth-order valence-corrected chi connectivity index (χ4v) is 0.519. The number of nitrogens with two attached hydrogens (primary N) is 1. The average molecular weight is 128 g/mol. The quantitative estimate of drug-likeness (QED) is 0.527. The average Bonchev–Trinajstić information content (AvgIpc) is 2.17. The molecule has 1 heterocycles. The van der Waals surface area contributed by atoms with E-state index in [1.165, 1.54) is 11.0 Å². The monoisotopic (exact) mass is 128 g/mol. The van der Waals surface area contributed by atoms with Crippen molar-refractivity contribution in [3.63, 3.8) is 0 Å². The number of aliphatic hydroxyl groups is 1. The molecular formula is C4H8N4O. The number of rotatable bonds is 2. The van der Waals surface area contributed by atoms with Crippen molar-refractivity contribution >= 4 is 5.95 Å². The normalized spacial score (nSPS) is 9.89. The predicted octanol–water partition coefficient (Wildman–Crippen LogP) is -1.15. The third-order valence-electron chi connectivity index (χ3n) is 0.883. The maximum Gasteiger partial charge on any atom is 0.239 e. The molecule has 0 fully saturated rings. The van der Waals surface area contributed by atoms with Gasteiger partial charge in [-0.25, -0.2) is 9.67 Å². The first kappa shape index (κ1) is 6.03. The van der Waals surface area contributed by atoms with Gasteiger partial charge in [0.05, 0.1) is 13.2 Å². The summed E-state index contributed by atoms with van der Waals surface area (Å²) in [5, 5.41) is 12.1. The Balaban J connectivity index is 2.61. The zero-order valence-corrected chi connectivity index (χ0v) is 4.86. The Morgan fingerprint density at radius 1 is 1.78 bits per heavy atom. The van der Waals surface area contributed by atoms with Crippen LogP contribution in [0.25, 0.3) is 0 Å². The first-order valence-electron chi connectivity index (χ1n) is 2.58. The summed E-state index contributed by atoms with van der Waals surface area (Å²) in [6, 6.07) is 0. The fraction of sp³-hybridized carbons (Fsp3) is 0.500. The van der Waals surface area contributed by atoms with Crippen LogP contribution in [-0.2, 0) is 6.54 Å². The van der Waals surface area contributed by atoms with E-state index in [-0.39, 0.29) is 12.6 Å². The molecule has 1 aromatic rings. The van der Waals surface area contributed by atoms with Gasteiger partial charge in [0.25, 0.3) is 0 Å². The molecule has 5 nitrogen and oxygen atoms in total. The predicted molar refractivity (Wildman–Crippen MR) is 31.5 cm³/mol. The molecule has 0 saturated heterocycles. The van der Waals surface area contributed by atoms with Crippen LogP contribution in [0, 0.1) is 0 Å². The molecule has 0 aliphatic carbocycles. The Morgan fingerprint density at radius 2 is 2.56 bits per heavy atom. The van der Waals surface area contributed by atoms with E-state index in [0.717, 1.165) is 0 Å². The van der Waals surface area contributed by atoms with Gasteiger partial charge in [0.15, 0.2) is 0 Å². The van der Waals surface area contributed by atoms with Crippen molar-refractivity contribution in [2.45, 2.75) is 6.54 Å². The lowest BCUT2D eigenvalue weighted by Crippen LogP contribution is -2.02. The zero-order chi connectivity index (χ0) is 6.69. The van der Waals surface area contributed by atoms with Gasteiger partial charge in [0, 0.05) is 0 Å². The van der Waals surface area contributed by atoms with Crippen LogP contribution in [0.15, 0.2) is 6.33 Å². The van der Waals surface area contributed by atoms with Gasteiger partial charge >= 0.3 is 0 Å². The lowest BCUT2D eigenvalue weighted by atomic mass is 10.7. The maximum atomic E-state index is 8.40. The third-order valence-corrected chi connectivity index (χ3v) is 0.883. The topological polar surface area (TPSA) is 77.0 Å². The molecule has 0 bridgehead atoms. The highest BCUT2D eigenvalue weighted by Gasteiger charge is 1.91. The van der Waals surface area contributed by atoms with Crippen LogP contribution >= 0.6 is 0 Å². The van der Waals surface area contributed by atoms with E-state index in [0.29, 0.717) is 6.54 Å². The molecule has 1 aromatic heterocycles. The first-order valence-corrected chi connectivity index (χ1v) is 2.58. The Kier molecular flexibility index (Phi) is 1.64. The number of aromatic nitrogens is 3. The lowest BCUT2D eigenvalue weighted by Gasteiger charge is -1.91. The highest BCUT2D eigenvalue weighted by molar-refractivity contribution is 5.08. The molecule has 0 saturated carbocycles. The maximum absolute atomic E-state index is 8.40. The minimum absolute atomic E-state index is 0.0583. The van der Waals surface area contributed by atoms with Crippen molar-refractivity contribution in [2.24, 2.45) is 0 Å². The molecule has 0 aliphatic rings. The minimum Gasteiger partial charge on any atom is -0.394 e. The van der Waals surface area contributed by atoms with Crippen molar-refractivity contribution in [3.05, 3.63) is 6.33 Å². The van der Waals surface area contributed by atoms with E-state index in [4.69, 9.17) is 10.8 Å². The number of anilines is 1. The molecule has 0 aromatic carbocycles. The molecule has 0 atom stereocenters. The van der Waals surface area contributed by atoms with Gasteiger partial charge in [0.1, 0.15) is 6.33 Å². The van der Waals surface area contributed by atoms with Gasteiger partial charge in [-0.05, 0) is 0 Å². The number of hydrogen-bond donors (Lipinski definition) is 2. The smallest absolute Gasteiger partial charge is 0.239 e. The highest BCUT2D eigenvalue weighted by Crippen LogP contribution is 1.86. The lowest BCUT2D eigenvalue weighted by molar-refractivity contribution is 0.269. The fourth-order valence-electron chi connectivity index (χ4n) is 0.519. The second-order valence-corrected chi connectivity index (χ2v) is 1.59. The largest absolute Gasteiger partial charge is 0.394 e. The van der Waals surface area contributed by atoms with Crippen LogP contribution in [0.1, 0.15) is 0 Å². The molecule has 0 aliphatic heterocycles. The third kappa shape index (κ3) is 1.39. The van der Waals surface area contributed by atoms with Crippen LogP contribution in [0.5, 0.6) is 0 Å². The molecule has 0 unspecified atom stereocenters. The van der Waals surface area contributed by atoms with Crippen LogP contribution in [0.4, 0.5) is 5.95 Å². The molecule has 0 amide bonds. The van der Waals surface area contributed by atoms with E-state index in [9.17, 15) is 0 Å². The van der Waals surface area contributed by atoms with Gasteiger partial charge in [0.2, 0.25) is 5.95 Å². The Bertz CT molecular complexity index is 184. The molecule has 9 heavy (non-hydrogen) atoms. The summed E-state index contributed by atoms with van der Waals surface area (Å²) in [7, 11) is 0. The van der Waals surface area contributed by atoms with Crippen LogP contribution in [0.2, 0.25) is 0 Å². The van der Waals surface area contributed by atoms with E-state index in [2.05, 4.69) is 10.1 Å². The highest BCUT2D eigenvalue weighted by atomic mass is 16.3. The number of hydrogen-bond acceptors (Lipinski definition) is 4. The van der Waals surface area contributed by atoms with Gasteiger partial charge in [-0.1, -0.05) is 0 Å². The molecule has 5 heteroatoms. The summed E-state index contributed by atoms with van der Waals surface area (Å²) in [5.74, 6) is 0.239. The number of nitrogens with zero attached hydrogens (tertiary/aromatic N) is 3. The zero-order valence-electron chi connectivity index (χ0n) is 4.86. The van der Waals surface area contributed by atoms with Crippen molar-refractivity contribution in [3.8, 4) is 0 Å². The van der Waals surface area contributed by atoms with Crippen molar-refractivity contribution in [1.29, 1.82) is 0 Å². The Labute approximate surface area is 52.1 Å². The summed E-state index contributed by atoms with van der Waals surface area (Å²) >= 11 is 0. The summed E-state index contributed by atoms with van der Waals surface area (Å²) in [6.45, 7) is 0.507. The summed E-state index contributed by atoms with van der Waals surface area (Å²) in [5.41, 5.74) is 5.18. The summed E-state index contributed by atoms with van der Waals surface area (Å²) in [4.78, 5) is 3.65. The van der Waals surface area contributed by atoms with Crippen molar-refractivity contribution in [2.75, 3.05) is 12.3 Å². The number of nitrogen functional groups attached to an aromatic ring is 1. The Hall–Kier alpha value is -1.10. The van der Waals surface area contributed by atoms with Gasteiger partial charge < -0.3 is 10.8 Å².